The van der Waals surface area contributed by atoms with Gasteiger partial charge in [0.25, 0.3) is 0 Å². The van der Waals surface area contributed by atoms with Crippen molar-refractivity contribution in [1.29, 1.82) is 0 Å². The Morgan fingerprint density at radius 1 is 1.42 bits per heavy atom. The standard InChI is InChI=1S/C9H15NO2/c1-10-8-6-3-2-5(4-6)7(8)9(11)12/h5-8,10H,2-4H2,1H3,(H,11,12). The van der Waals surface area contributed by atoms with Gasteiger partial charge in [-0.2, -0.15) is 0 Å². The minimum Gasteiger partial charge on any atom is -0.481 e. The zero-order valence-electron chi connectivity index (χ0n) is 7.29. The van der Waals surface area contributed by atoms with Crippen molar-refractivity contribution in [2.24, 2.45) is 17.8 Å². The second kappa shape index (κ2) is 2.73. The van der Waals surface area contributed by atoms with Gasteiger partial charge in [-0.3, -0.25) is 4.79 Å². The van der Waals surface area contributed by atoms with E-state index in [0.29, 0.717) is 11.8 Å². The van der Waals surface area contributed by atoms with E-state index in [4.69, 9.17) is 5.11 Å². The number of hydrogen-bond acceptors (Lipinski definition) is 2. The molecule has 0 aromatic rings. The molecule has 3 nitrogen and oxygen atoms in total. The van der Waals surface area contributed by atoms with E-state index in [1.54, 1.807) is 0 Å². The molecule has 2 rings (SSSR count). The molecule has 2 aliphatic carbocycles. The lowest BCUT2D eigenvalue weighted by Crippen LogP contribution is -2.42. The molecule has 0 saturated heterocycles. The zero-order valence-corrected chi connectivity index (χ0v) is 7.29. The fourth-order valence-corrected chi connectivity index (χ4v) is 3.06. The number of carbonyl (C=O) groups is 1. The summed E-state index contributed by atoms with van der Waals surface area (Å²) in [4.78, 5) is 10.9. The van der Waals surface area contributed by atoms with Gasteiger partial charge in [0, 0.05) is 6.04 Å². The second-order valence-electron chi connectivity index (χ2n) is 4.01. The topological polar surface area (TPSA) is 49.3 Å². The van der Waals surface area contributed by atoms with Gasteiger partial charge in [0.2, 0.25) is 0 Å². The summed E-state index contributed by atoms with van der Waals surface area (Å²) >= 11 is 0. The molecule has 0 radical (unpaired) electrons. The molecule has 3 heteroatoms. The Hall–Kier alpha value is -0.570. The second-order valence-corrected chi connectivity index (χ2v) is 4.01. The van der Waals surface area contributed by atoms with Crippen LogP contribution in [-0.4, -0.2) is 24.2 Å². The molecular weight excluding hydrogens is 154 g/mol. The summed E-state index contributed by atoms with van der Waals surface area (Å²) in [5.41, 5.74) is 0. The van der Waals surface area contributed by atoms with Crippen LogP contribution in [0.1, 0.15) is 19.3 Å². The Morgan fingerprint density at radius 3 is 2.58 bits per heavy atom. The van der Waals surface area contributed by atoms with Crippen molar-refractivity contribution in [2.75, 3.05) is 7.05 Å². The summed E-state index contributed by atoms with van der Waals surface area (Å²) in [6.07, 6.45) is 3.47. The van der Waals surface area contributed by atoms with E-state index in [-0.39, 0.29) is 12.0 Å². The molecule has 0 aliphatic heterocycles. The predicted molar refractivity (Wildman–Crippen MR) is 44.8 cm³/mol. The third-order valence-electron chi connectivity index (χ3n) is 3.53. The Bertz CT molecular complexity index is 205. The Kier molecular flexibility index (Phi) is 1.83. The van der Waals surface area contributed by atoms with Crippen LogP contribution in [0, 0.1) is 17.8 Å². The minimum atomic E-state index is -0.610. The summed E-state index contributed by atoms with van der Waals surface area (Å²) in [5, 5.41) is 12.1. The Morgan fingerprint density at radius 2 is 2.08 bits per heavy atom. The van der Waals surface area contributed by atoms with Crippen LogP contribution < -0.4 is 5.32 Å². The van der Waals surface area contributed by atoms with Gasteiger partial charge in [0.15, 0.2) is 0 Å². The fraction of sp³-hybridized carbons (Fsp3) is 0.889. The van der Waals surface area contributed by atoms with Gasteiger partial charge in [-0.25, -0.2) is 0 Å². The molecule has 0 aromatic carbocycles. The first-order chi connectivity index (χ1) is 5.74. The van der Waals surface area contributed by atoms with Crippen LogP contribution in [0.25, 0.3) is 0 Å². The van der Waals surface area contributed by atoms with Crippen molar-refractivity contribution < 1.29 is 9.90 Å². The highest BCUT2D eigenvalue weighted by atomic mass is 16.4. The molecular formula is C9H15NO2. The van der Waals surface area contributed by atoms with Crippen LogP contribution in [0.4, 0.5) is 0 Å². The van der Waals surface area contributed by atoms with Crippen LogP contribution >= 0.6 is 0 Å². The summed E-state index contributed by atoms with van der Waals surface area (Å²) in [5.74, 6) is 0.348. The molecule has 0 heterocycles. The quantitative estimate of drug-likeness (QED) is 0.640. The average Bonchev–Trinajstić information content (AvgIpc) is 2.60. The van der Waals surface area contributed by atoms with Gasteiger partial charge in [-0.05, 0) is 38.1 Å². The molecule has 4 atom stereocenters. The summed E-state index contributed by atoms with van der Waals surface area (Å²) < 4.78 is 0. The molecule has 12 heavy (non-hydrogen) atoms. The van der Waals surface area contributed by atoms with Crippen LogP contribution in [0.15, 0.2) is 0 Å². The monoisotopic (exact) mass is 169 g/mol. The van der Waals surface area contributed by atoms with Crippen LogP contribution in [-0.2, 0) is 4.79 Å². The third kappa shape index (κ3) is 0.959. The summed E-state index contributed by atoms with van der Waals surface area (Å²) in [6, 6.07) is 0.237. The summed E-state index contributed by atoms with van der Waals surface area (Å²) in [6.45, 7) is 0. The van der Waals surface area contributed by atoms with Gasteiger partial charge >= 0.3 is 5.97 Å². The van der Waals surface area contributed by atoms with E-state index in [1.165, 1.54) is 6.42 Å². The highest BCUT2D eigenvalue weighted by Gasteiger charge is 2.50. The number of fused-ring (bicyclic) bond motifs is 2. The first-order valence-corrected chi connectivity index (χ1v) is 4.64. The summed E-state index contributed by atoms with van der Waals surface area (Å²) in [7, 11) is 1.88. The Labute approximate surface area is 72.2 Å². The lowest BCUT2D eigenvalue weighted by Gasteiger charge is -2.27. The molecule has 0 spiro atoms. The van der Waals surface area contributed by atoms with Crippen LogP contribution in [0.2, 0.25) is 0 Å². The van der Waals surface area contributed by atoms with Crippen molar-refractivity contribution in [3.63, 3.8) is 0 Å². The van der Waals surface area contributed by atoms with E-state index >= 15 is 0 Å². The lowest BCUT2D eigenvalue weighted by molar-refractivity contribution is -0.144. The maximum absolute atomic E-state index is 10.9. The number of carboxylic acid groups (broad SMARTS) is 1. The van der Waals surface area contributed by atoms with Crippen molar-refractivity contribution in [2.45, 2.75) is 25.3 Å². The maximum atomic E-state index is 10.9. The van der Waals surface area contributed by atoms with Crippen LogP contribution in [0.5, 0.6) is 0 Å². The Balaban J connectivity index is 2.16. The SMILES string of the molecule is CNC1C2CCC(C2)C1C(=O)O. The molecule has 2 fully saturated rings. The predicted octanol–water partition coefficient (Wildman–Crippen LogP) is 0.705. The van der Waals surface area contributed by atoms with E-state index in [0.717, 1.165) is 12.8 Å². The van der Waals surface area contributed by atoms with E-state index in [2.05, 4.69) is 5.32 Å². The number of nitrogens with one attached hydrogen (secondary N) is 1. The van der Waals surface area contributed by atoms with Gasteiger partial charge in [0.1, 0.15) is 0 Å². The third-order valence-corrected chi connectivity index (χ3v) is 3.53. The molecule has 2 aliphatic rings. The minimum absolute atomic E-state index is 0.117. The van der Waals surface area contributed by atoms with E-state index < -0.39 is 5.97 Å². The molecule has 2 saturated carbocycles. The number of hydrogen-bond donors (Lipinski definition) is 2. The number of aliphatic carboxylic acids is 1. The van der Waals surface area contributed by atoms with E-state index in [1.807, 2.05) is 7.05 Å². The molecule has 68 valence electrons. The van der Waals surface area contributed by atoms with Gasteiger partial charge in [0.05, 0.1) is 5.92 Å². The first kappa shape index (κ1) is 8.05. The highest BCUT2D eigenvalue weighted by molar-refractivity contribution is 5.72. The first-order valence-electron chi connectivity index (χ1n) is 4.64. The zero-order chi connectivity index (χ0) is 8.72. The number of rotatable bonds is 2. The molecule has 0 aromatic heterocycles. The molecule has 4 unspecified atom stereocenters. The number of carboxylic acids is 1. The average molecular weight is 169 g/mol. The lowest BCUT2D eigenvalue weighted by atomic mass is 9.84. The van der Waals surface area contributed by atoms with E-state index in [9.17, 15) is 4.79 Å². The van der Waals surface area contributed by atoms with Crippen molar-refractivity contribution in [1.82, 2.24) is 5.32 Å². The molecule has 2 bridgehead atoms. The van der Waals surface area contributed by atoms with Gasteiger partial charge in [-0.15, -0.1) is 0 Å². The van der Waals surface area contributed by atoms with Crippen LogP contribution in [0.3, 0.4) is 0 Å². The van der Waals surface area contributed by atoms with Crippen molar-refractivity contribution in [3.8, 4) is 0 Å². The van der Waals surface area contributed by atoms with Crippen molar-refractivity contribution >= 4 is 5.97 Å². The van der Waals surface area contributed by atoms with Gasteiger partial charge < -0.3 is 10.4 Å². The van der Waals surface area contributed by atoms with Gasteiger partial charge in [-0.1, -0.05) is 0 Å². The maximum Gasteiger partial charge on any atom is 0.308 e. The van der Waals surface area contributed by atoms with Crippen molar-refractivity contribution in [3.05, 3.63) is 0 Å². The molecule has 2 N–H and O–H groups in total. The largest absolute Gasteiger partial charge is 0.481 e. The smallest absolute Gasteiger partial charge is 0.308 e. The highest BCUT2D eigenvalue weighted by Crippen LogP contribution is 2.48. The molecule has 0 amide bonds. The fourth-order valence-electron chi connectivity index (χ4n) is 3.06. The normalized spacial score (nSPS) is 45.1.